The molecule has 0 bridgehead atoms. The van der Waals surface area contributed by atoms with Gasteiger partial charge in [-0.2, -0.15) is 0 Å². The van der Waals surface area contributed by atoms with Crippen molar-refractivity contribution in [2.24, 2.45) is 0 Å². The van der Waals surface area contributed by atoms with E-state index in [4.69, 9.17) is 0 Å². The summed E-state index contributed by atoms with van der Waals surface area (Å²) >= 11 is 1.83. The minimum absolute atomic E-state index is 0.430. The molecule has 2 aromatic rings. The largest absolute Gasteiger partial charge is 0.387 e. The molecule has 2 N–H and O–H groups in total. The number of hydrogen-bond acceptors (Lipinski definition) is 3. The van der Waals surface area contributed by atoms with Crippen molar-refractivity contribution in [3.63, 3.8) is 0 Å². The van der Waals surface area contributed by atoms with Gasteiger partial charge in [0.1, 0.15) is 0 Å². The summed E-state index contributed by atoms with van der Waals surface area (Å²) in [6.07, 6.45) is -0.430. The van der Waals surface area contributed by atoms with Crippen molar-refractivity contribution < 1.29 is 5.11 Å². The van der Waals surface area contributed by atoms with E-state index in [1.165, 1.54) is 10.5 Å². The second-order valence-electron chi connectivity index (χ2n) is 4.79. The highest BCUT2D eigenvalue weighted by Crippen LogP contribution is 2.17. The SMILES string of the molecule is Cc1ccc(SCCNCC(O)c2ccccc2)cc1. The smallest absolute Gasteiger partial charge is 0.0914 e. The highest BCUT2D eigenvalue weighted by Gasteiger charge is 2.05. The van der Waals surface area contributed by atoms with E-state index >= 15 is 0 Å². The van der Waals surface area contributed by atoms with Crippen LogP contribution in [0, 0.1) is 6.92 Å². The van der Waals surface area contributed by atoms with Crippen LogP contribution in [0.4, 0.5) is 0 Å². The summed E-state index contributed by atoms with van der Waals surface area (Å²) < 4.78 is 0. The summed E-state index contributed by atoms with van der Waals surface area (Å²) in [6, 6.07) is 18.3. The molecule has 0 aliphatic rings. The Kier molecular flexibility index (Phi) is 6.12. The molecule has 106 valence electrons. The highest BCUT2D eigenvalue weighted by molar-refractivity contribution is 7.99. The molecule has 20 heavy (non-hydrogen) atoms. The third-order valence-corrected chi connectivity index (χ3v) is 4.10. The van der Waals surface area contributed by atoms with Crippen LogP contribution in [0.3, 0.4) is 0 Å². The van der Waals surface area contributed by atoms with E-state index in [0.29, 0.717) is 6.54 Å². The first kappa shape index (κ1) is 15.1. The lowest BCUT2D eigenvalue weighted by Gasteiger charge is -2.12. The molecule has 0 saturated heterocycles. The average Bonchev–Trinajstić information content (AvgIpc) is 2.49. The minimum Gasteiger partial charge on any atom is -0.387 e. The van der Waals surface area contributed by atoms with E-state index in [0.717, 1.165) is 17.9 Å². The maximum absolute atomic E-state index is 10.00. The predicted molar refractivity (Wildman–Crippen MR) is 86.2 cm³/mol. The Morgan fingerprint density at radius 1 is 1.05 bits per heavy atom. The van der Waals surface area contributed by atoms with Crippen LogP contribution in [0.1, 0.15) is 17.2 Å². The van der Waals surface area contributed by atoms with Crippen molar-refractivity contribution >= 4 is 11.8 Å². The fraction of sp³-hybridized carbons (Fsp3) is 0.294. The topological polar surface area (TPSA) is 32.3 Å². The van der Waals surface area contributed by atoms with Gasteiger partial charge in [0.15, 0.2) is 0 Å². The molecule has 0 saturated carbocycles. The van der Waals surface area contributed by atoms with Crippen molar-refractivity contribution in [2.45, 2.75) is 17.9 Å². The van der Waals surface area contributed by atoms with Crippen LogP contribution < -0.4 is 5.32 Å². The molecule has 0 heterocycles. The molecule has 0 spiro atoms. The van der Waals surface area contributed by atoms with E-state index in [1.807, 2.05) is 42.1 Å². The number of rotatable bonds is 7. The van der Waals surface area contributed by atoms with Gasteiger partial charge in [-0.1, -0.05) is 48.0 Å². The number of thioether (sulfide) groups is 1. The third-order valence-electron chi connectivity index (χ3n) is 3.09. The molecule has 2 nitrogen and oxygen atoms in total. The van der Waals surface area contributed by atoms with Gasteiger partial charge in [0, 0.05) is 23.7 Å². The monoisotopic (exact) mass is 287 g/mol. The van der Waals surface area contributed by atoms with Crippen LogP contribution in [0.25, 0.3) is 0 Å². The lowest BCUT2D eigenvalue weighted by Crippen LogP contribution is -2.23. The minimum atomic E-state index is -0.430. The average molecular weight is 287 g/mol. The second-order valence-corrected chi connectivity index (χ2v) is 5.96. The Hall–Kier alpha value is -1.29. The van der Waals surface area contributed by atoms with Crippen LogP contribution >= 0.6 is 11.8 Å². The molecule has 0 aromatic heterocycles. The van der Waals surface area contributed by atoms with Gasteiger partial charge in [0.05, 0.1) is 6.10 Å². The summed E-state index contributed by atoms with van der Waals surface area (Å²) in [5, 5.41) is 13.3. The zero-order chi connectivity index (χ0) is 14.2. The van der Waals surface area contributed by atoms with Gasteiger partial charge in [-0.05, 0) is 24.6 Å². The number of aliphatic hydroxyl groups is 1. The van der Waals surface area contributed by atoms with Crippen LogP contribution in [0.15, 0.2) is 59.5 Å². The van der Waals surface area contributed by atoms with E-state index in [1.54, 1.807) is 0 Å². The molecule has 0 aliphatic heterocycles. The molecule has 3 heteroatoms. The second kappa shape index (κ2) is 8.10. The maximum Gasteiger partial charge on any atom is 0.0914 e. The van der Waals surface area contributed by atoms with Crippen molar-refractivity contribution in [1.82, 2.24) is 5.32 Å². The molecule has 2 rings (SSSR count). The molecule has 0 radical (unpaired) electrons. The fourth-order valence-electron chi connectivity index (χ4n) is 1.91. The van der Waals surface area contributed by atoms with Crippen molar-refractivity contribution in [1.29, 1.82) is 0 Å². The van der Waals surface area contributed by atoms with Gasteiger partial charge >= 0.3 is 0 Å². The lowest BCUT2D eigenvalue weighted by molar-refractivity contribution is 0.176. The normalized spacial score (nSPS) is 12.3. The molecular weight excluding hydrogens is 266 g/mol. The van der Waals surface area contributed by atoms with E-state index < -0.39 is 6.10 Å². The molecule has 0 aliphatic carbocycles. The zero-order valence-electron chi connectivity index (χ0n) is 11.8. The van der Waals surface area contributed by atoms with Crippen molar-refractivity contribution in [3.05, 3.63) is 65.7 Å². The van der Waals surface area contributed by atoms with Gasteiger partial charge in [0.2, 0.25) is 0 Å². The molecule has 1 atom stereocenters. The Morgan fingerprint density at radius 2 is 1.75 bits per heavy atom. The van der Waals surface area contributed by atoms with Crippen molar-refractivity contribution in [3.8, 4) is 0 Å². The predicted octanol–water partition coefficient (Wildman–Crippen LogP) is 3.41. The summed E-state index contributed by atoms with van der Waals surface area (Å²) in [6.45, 7) is 3.59. The summed E-state index contributed by atoms with van der Waals surface area (Å²) in [4.78, 5) is 1.29. The van der Waals surface area contributed by atoms with E-state index in [9.17, 15) is 5.11 Å². The third kappa shape index (κ3) is 5.00. The number of nitrogens with one attached hydrogen (secondary N) is 1. The molecule has 0 amide bonds. The number of aryl methyl sites for hydroxylation is 1. The van der Waals surface area contributed by atoms with Crippen molar-refractivity contribution in [2.75, 3.05) is 18.8 Å². The van der Waals surface area contributed by atoms with Gasteiger partial charge in [-0.3, -0.25) is 0 Å². The standard InChI is InChI=1S/C17H21NOS/c1-14-7-9-16(10-8-14)20-12-11-18-13-17(19)15-5-3-2-4-6-15/h2-10,17-19H,11-13H2,1H3. The molecule has 1 unspecified atom stereocenters. The van der Waals surface area contributed by atoms with Gasteiger partial charge in [-0.25, -0.2) is 0 Å². The Labute approximate surface area is 125 Å². The van der Waals surface area contributed by atoms with Crippen LogP contribution in [0.5, 0.6) is 0 Å². The van der Waals surface area contributed by atoms with Crippen LogP contribution in [0.2, 0.25) is 0 Å². The summed E-state index contributed by atoms with van der Waals surface area (Å²) in [5.41, 5.74) is 2.25. The molecule has 2 aromatic carbocycles. The Morgan fingerprint density at radius 3 is 2.45 bits per heavy atom. The number of benzene rings is 2. The van der Waals surface area contributed by atoms with Crippen LogP contribution in [-0.2, 0) is 0 Å². The molecule has 0 fully saturated rings. The lowest BCUT2D eigenvalue weighted by atomic mass is 10.1. The van der Waals surface area contributed by atoms with Crippen LogP contribution in [-0.4, -0.2) is 23.9 Å². The van der Waals surface area contributed by atoms with Gasteiger partial charge in [0.25, 0.3) is 0 Å². The molecular formula is C17H21NOS. The Bertz CT molecular complexity index is 498. The highest BCUT2D eigenvalue weighted by atomic mass is 32.2. The number of aliphatic hydroxyl groups excluding tert-OH is 1. The fourth-order valence-corrected chi connectivity index (χ4v) is 2.72. The van der Waals surface area contributed by atoms with E-state index in [-0.39, 0.29) is 0 Å². The van der Waals surface area contributed by atoms with Gasteiger partial charge in [-0.15, -0.1) is 11.8 Å². The zero-order valence-corrected chi connectivity index (χ0v) is 12.6. The summed E-state index contributed by atoms with van der Waals surface area (Å²) in [5.74, 6) is 1.00. The van der Waals surface area contributed by atoms with Gasteiger partial charge < -0.3 is 10.4 Å². The van der Waals surface area contributed by atoms with E-state index in [2.05, 4.69) is 36.5 Å². The summed E-state index contributed by atoms with van der Waals surface area (Å²) in [7, 11) is 0. The first-order valence-electron chi connectivity index (χ1n) is 6.89. The first-order chi connectivity index (χ1) is 9.75. The Balaban J connectivity index is 1.63. The quantitative estimate of drug-likeness (QED) is 0.604. The maximum atomic E-state index is 10.00. The first-order valence-corrected chi connectivity index (χ1v) is 7.87. The number of hydrogen-bond donors (Lipinski definition) is 2.